The fourth-order valence-electron chi connectivity index (χ4n) is 2.13. The highest BCUT2D eigenvalue weighted by Crippen LogP contribution is 2.35. The molecule has 21 heavy (non-hydrogen) atoms. The number of nitrogens with two attached hydrogens (primary N) is 1. The first-order valence-electron chi connectivity index (χ1n) is 6.47. The summed E-state index contributed by atoms with van der Waals surface area (Å²) in [5, 5.41) is 8.89. The van der Waals surface area contributed by atoms with Gasteiger partial charge in [-0.25, -0.2) is 0 Å². The fourth-order valence-corrected chi connectivity index (χ4v) is 2.13. The van der Waals surface area contributed by atoms with Gasteiger partial charge in [0.25, 0.3) is 0 Å². The molecule has 0 atom stereocenters. The average Bonchev–Trinajstić information content (AvgIpc) is 2.38. The Hall–Kier alpha value is -1.67. The molecule has 1 aromatic rings. The first kappa shape index (κ1) is 15.7. The number of ether oxygens (including phenoxy) is 2. The minimum atomic E-state index is -4.34. The molecular formula is C13H17F3N2O3. The van der Waals surface area contributed by atoms with Crippen molar-refractivity contribution in [2.45, 2.75) is 12.7 Å². The Morgan fingerprint density at radius 2 is 1.81 bits per heavy atom. The Morgan fingerprint density at radius 3 is 2.38 bits per heavy atom. The number of benzene rings is 1. The molecule has 1 aromatic carbocycles. The summed E-state index contributed by atoms with van der Waals surface area (Å²) in [5.74, 6) is 0.966. The van der Waals surface area contributed by atoms with Gasteiger partial charge in [0.1, 0.15) is 13.2 Å². The molecule has 5 nitrogen and oxygen atoms in total. The van der Waals surface area contributed by atoms with Gasteiger partial charge in [0.05, 0.1) is 13.2 Å². The lowest BCUT2D eigenvalue weighted by molar-refractivity contribution is -0.147. The van der Waals surface area contributed by atoms with E-state index in [1.54, 1.807) is 12.1 Å². The largest absolute Gasteiger partial charge is 0.486 e. The predicted molar refractivity (Wildman–Crippen MR) is 70.3 cm³/mol. The van der Waals surface area contributed by atoms with Crippen LogP contribution in [0, 0.1) is 0 Å². The molecule has 0 unspecified atom stereocenters. The second-order valence-electron chi connectivity index (χ2n) is 4.74. The van der Waals surface area contributed by atoms with Crippen LogP contribution in [0.1, 0.15) is 5.56 Å². The van der Waals surface area contributed by atoms with Crippen LogP contribution in [-0.2, 0) is 6.54 Å². The van der Waals surface area contributed by atoms with Gasteiger partial charge in [-0.15, -0.1) is 0 Å². The third-order valence-electron chi connectivity index (χ3n) is 3.02. The minimum Gasteiger partial charge on any atom is -0.486 e. The third-order valence-corrected chi connectivity index (χ3v) is 3.02. The standard InChI is InChI=1S/C13H17F3N2O3/c14-13(15,16)8-18(1-2-19)7-9-5-11-12(6-10(9)17)21-4-3-20-11/h5-6,19H,1-4,7-8,17H2. The van der Waals surface area contributed by atoms with Gasteiger partial charge >= 0.3 is 6.18 Å². The summed E-state index contributed by atoms with van der Waals surface area (Å²) in [6.07, 6.45) is -4.34. The molecule has 0 fully saturated rings. The SMILES string of the molecule is Nc1cc2c(cc1CN(CCO)CC(F)(F)F)OCCO2. The molecular weight excluding hydrogens is 289 g/mol. The van der Waals surface area contributed by atoms with E-state index in [1.165, 1.54) is 0 Å². The summed E-state index contributed by atoms with van der Waals surface area (Å²) >= 11 is 0. The highest BCUT2D eigenvalue weighted by molar-refractivity contribution is 5.58. The van der Waals surface area contributed by atoms with Gasteiger partial charge < -0.3 is 20.3 Å². The maximum absolute atomic E-state index is 12.5. The average molecular weight is 306 g/mol. The van der Waals surface area contributed by atoms with E-state index in [2.05, 4.69) is 0 Å². The van der Waals surface area contributed by atoms with Crippen LogP contribution in [-0.4, -0.2) is 49.1 Å². The van der Waals surface area contributed by atoms with Crippen molar-refractivity contribution >= 4 is 5.69 Å². The van der Waals surface area contributed by atoms with Crippen molar-refractivity contribution in [2.75, 3.05) is 38.6 Å². The number of nitrogens with zero attached hydrogens (tertiary/aromatic N) is 1. The van der Waals surface area contributed by atoms with Crippen LogP contribution in [0.5, 0.6) is 11.5 Å². The molecule has 3 N–H and O–H groups in total. The van der Waals surface area contributed by atoms with E-state index in [0.29, 0.717) is 36.0 Å². The van der Waals surface area contributed by atoms with E-state index in [-0.39, 0.29) is 19.7 Å². The van der Waals surface area contributed by atoms with Crippen LogP contribution in [0.15, 0.2) is 12.1 Å². The van der Waals surface area contributed by atoms with Crippen LogP contribution < -0.4 is 15.2 Å². The van der Waals surface area contributed by atoms with Crippen molar-refractivity contribution in [2.24, 2.45) is 0 Å². The molecule has 0 aliphatic carbocycles. The summed E-state index contributed by atoms with van der Waals surface area (Å²) in [6, 6.07) is 3.14. The molecule has 2 rings (SSSR count). The zero-order valence-electron chi connectivity index (χ0n) is 11.3. The molecule has 0 saturated carbocycles. The quantitative estimate of drug-likeness (QED) is 0.805. The number of hydrogen-bond donors (Lipinski definition) is 2. The predicted octanol–water partition coefficient (Wildman–Crippen LogP) is 1.40. The number of aliphatic hydroxyl groups is 1. The Bertz CT molecular complexity index is 494. The van der Waals surface area contributed by atoms with E-state index in [0.717, 1.165) is 4.90 Å². The van der Waals surface area contributed by atoms with Crippen molar-refractivity contribution in [3.05, 3.63) is 17.7 Å². The second kappa shape index (κ2) is 6.40. The summed E-state index contributed by atoms with van der Waals surface area (Å²) in [5.41, 5.74) is 6.70. The summed E-state index contributed by atoms with van der Waals surface area (Å²) in [4.78, 5) is 1.09. The van der Waals surface area contributed by atoms with Crippen molar-refractivity contribution < 1.29 is 27.8 Å². The van der Waals surface area contributed by atoms with Crippen LogP contribution in [0.25, 0.3) is 0 Å². The lowest BCUT2D eigenvalue weighted by Gasteiger charge is -2.25. The van der Waals surface area contributed by atoms with E-state index < -0.39 is 12.7 Å². The van der Waals surface area contributed by atoms with Crippen molar-refractivity contribution in [1.29, 1.82) is 0 Å². The van der Waals surface area contributed by atoms with Crippen molar-refractivity contribution in [1.82, 2.24) is 4.90 Å². The highest BCUT2D eigenvalue weighted by Gasteiger charge is 2.31. The second-order valence-corrected chi connectivity index (χ2v) is 4.74. The zero-order valence-corrected chi connectivity index (χ0v) is 11.3. The van der Waals surface area contributed by atoms with Gasteiger partial charge in [0, 0.05) is 24.8 Å². The molecule has 118 valence electrons. The molecule has 8 heteroatoms. The molecule has 1 aliphatic heterocycles. The Labute approximate surface area is 120 Å². The van der Waals surface area contributed by atoms with Crippen LogP contribution in [0.4, 0.5) is 18.9 Å². The molecule has 0 radical (unpaired) electrons. The number of hydrogen-bond acceptors (Lipinski definition) is 5. The maximum Gasteiger partial charge on any atom is 0.401 e. The molecule has 0 aromatic heterocycles. The van der Waals surface area contributed by atoms with Gasteiger partial charge in [0.15, 0.2) is 11.5 Å². The first-order valence-corrected chi connectivity index (χ1v) is 6.47. The van der Waals surface area contributed by atoms with Crippen molar-refractivity contribution in [3.63, 3.8) is 0 Å². The number of alkyl halides is 3. The fraction of sp³-hybridized carbons (Fsp3) is 0.538. The number of aliphatic hydroxyl groups excluding tert-OH is 1. The number of halogens is 3. The van der Waals surface area contributed by atoms with E-state index >= 15 is 0 Å². The topological polar surface area (TPSA) is 68.0 Å². The zero-order chi connectivity index (χ0) is 15.5. The molecule has 0 saturated heterocycles. The van der Waals surface area contributed by atoms with Gasteiger partial charge in [-0.3, -0.25) is 4.90 Å². The Balaban J connectivity index is 2.16. The minimum absolute atomic E-state index is 0.0253. The van der Waals surface area contributed by atoms with Crippen molar-refractivity contribution in [3.8, 4) is 11.5 Å². The Morgan fingerprint density at radius 1 is 1.19 bits per heavy atom. The molecule has 0 bridgehead atoms. The lowest BCUT2D eigenvalue weighted by Crippen LogP contribution is -2.36. The molecule has 1 aliphatic rings. The van der Waals surface area contributed by atoms with Crippen LogP contribution >= 0.6 is 0 Å². The smallest absolute Gasteiger partial charge is 0.401 e. The first-order chi connectivity index (χ1) is 9.89. The van der Waals surface area contributed by atoms with E-state index in [9.17, 15) is 13.2 Å². The lowest BCUT2D eigenvalue weighted by atomic mass is 10.1. The molecule has 1 heterocycles. The van der Waals surface area contributed by atoms with Gasteiger partial charge in [0.2, 0.25) is 0 Å². The monoisotopic (exact) mass is 306 g/mol. The number of rotatable bonds is 5. The van der Waals surface area contributed by atoms with E-state index in [1.807, 2.05) is 0 Å². The van der Waals surface area contributed by atoms with Crippen LogP contribution in [0.3, 0.4) is 0 Å². The highest BCUT2D eigenvalue weighted by atomic mass is 19.4. The maximum atomic E-state index is 12.5. The number of anilines is 1. The molecule has 0 spiro atoms. The third kappa shape index (κ3) is 4.40. The Kier molecular flexibility index (Phi) is 4.79. The summed E-state index contributed by atoms with van der Waals surface area (Å²) < 4.78 is 48.3. The van der Waals surface area contributed by atoms with Crippen LogP contribution in [0.2, 0.25) is 0 Å². The summed E-state index contributed by atoms with van der Waals surface area (Å²) in [7, 11) is 0. The molecule has 0 amide bonds. The number of fused-ring (bicyclic) bond motifs is 1. The number of nitrogen functional groups attached to an aromatic ring is 1. The van der Waals surface area contributed by atoms with Gasteiger partial charge in [-0.2, -0.15) is 13.2 Å². The van der Waals surface area contributed by atoms with Gasteiger partial charge in [-0.05, 0) is 11.6 Å². The normalized spacial score (nSPS) is 14.5. The van der Waals surface area contributed by atoms with Gasteiger partial charge in [-0.1, -0.05) is 0 Å². The van der Waals surface area contributed by atoms with E-state index in [4.69, 9.17) is 20.3 Å². The summed E-state index contributed by atoms with van der Waals surface area (Å²) in [6.45, 7) is -0.784.